The SMILES string of the molecule is CC(C)(C)CN(CCCO)CC(O)c1c(F)cccc1F. The van der Waals surface area contributed by atoms with Crippen LogP contribution >= 0.6 is 0 Å². The summed E-state index contributed by atoms with van der Waals surface area (Å²) in [5, 5.41) is 19.1. The number of hydrogen-bond donors (Lipinski definition) is 2. The van der Waals surface area contributed by atoms with Crippen LogP contribution in [0.3, 0.4) is 0 Å². The lowest BCUT2D eigenvalue weighted by molar-refractivity contribution is 0.0825. The van der Waals surface area contributed by atoms with Crippen molar-refractivity contribution in [2.45, 2.75) is 33.3 Å². The second kappa shape index (κ2) is 7.82. The van der Waals surface area contributed by atoms with E-state index in [2.05, 4.69) is 20.8 Å². The molecule has 0 fully saturated rings. The highest BCUT2D eigenvalue weighted by Gasteiger charge is 2.23. The Morgan fingerprint density at radius 1 is 1.19 bits per heavy atom. The van der Waals surface area contributed by atoms with Gasteiger partial charge in [0.25, 0.3) is 0 Å². The molecule has 0 amide bonds. The molecular weight excluding hydrogens is 276 g/mol. The van der Waals surface area contributed by atoms with Gasteiger partial charge in [-0.1, -0.05) is 26.8 Å². The summed E-state index contributed by atoms with van der Waals surface area (Å²) < 4.78 is 27.4. The Bertz CT molecular complexity index is 426. The molecule has 5 heteroatoms. The molecule has 0 saturated carbocycles. The third-order valence-corrected chi connectivity index (χ3v) is 3.09. The molecule has 2 N–H and O–H groups in total. The summed E-state index contributed by atoms with van der Waals surface area (Å²) in [7, 11) is 0. The van der Waals surface area contributed by atoms with E-state index in [0.29, 0.717) is 19.5 Å². The van der Waals surface area contributed by atoms with Crippen LogP contribution in [-0.4, -0.2) is 41.4 Å². The zero-order chi connectivity index (χ0) is 16.0. The molecule has 1 unspecified atom stereocenters. The number of halogens is 2. The molecule has 0 aliphatic rings. The number of nitrogens with zero attached hydrogens (tertiary/aromatic N) is 1. The molecule has 0 spiro atoms. The van der Waals surface area contributed by atoms with E-state index in [9.17, 15) is 13.9 Å². The fourth-order valence-electron chi connectivity index (χ4n) is 2.36. The summed E-state index contributed by atoms with van der Waals surface area (Å²) in [6, 6.07) is 3.56. The summed E-state index contributed by atoms with van der Waals surface area (Å²) in [6.07, 6.45) is -0.671. The van der Waals surface area contributed by atoms with E-state index >= 15 is 0 Å². The summed E-state index contributed by atoms with van der Waals surface area (Å²) in [6.45, 7) is 7.57. The van der Waals surface area contributed by atoms with Gasteiger partial charge in [0.15, 0.2) is 0 Å². The third-order valence-electron chi connectivity index (χ3n) is 3.09. The van der Waals surface area contributed by atoms with Crippen molar-refractivity contribution in [1.82, 2.24) is 4.90 Å². The molecule has 0 radical (unpaired) electrons. The van der Waals surface area contributed by atoms with Crippen molar-refractivity contribution in [2.24, 2.45) is 5.41 Å². The lowest BCUT2D eigenvalue weighted by Gasteiger charge is -2.31. The van der Waals surface area contributed by atoms with Crippen molar-refractivity contribution < 1.29 is 19.0 Å². The molecule has 21 heavy (non-hydrogen) atoms. The van der Waals surface area contributed by atoms with Gasteiger partial charge < -0.3 is 10.2 Å². The number of hydrogen-bond acceptors (Lipinski definition) is 3. The summed E-state index contributed by atoms with van der Waals surface area (Å²) in [5.41, 5.74) is -0.302. The molecule has 1 atom stereocenters. The maximum atomic E-state index is 13.7. The molecule has 1 aromatic rings. The highest BCUT2D eigenvalue weighted by molar-refractivity contribution is 5.22. The molecule has 0 aliphatic heterocycles. The molecule has 120 valence electrons. The monoisotopic (exact) mass is 301 g/mol. The van der Waals surface area contributed by atoms with E-state index in [1.165, 1.54) is 6.07 Å². The van der Waals surface area contributed by atoms with E-state index < -0.39 is 17.7 Å². The van der Waals surface area contributed by atoms with Crippen LogP contribution in [0.15, 0.2) is 18.2 Å². The first kappa shape index (κ1) is 18.0. The van der Waals surface area contributed by atoms with Gasteiger partial charge in [0.2, 0.25) is 0 Å². The van der Waals surface area contributed by atoms with Crippen LogP contribution in [0.5, 0.6) is 0 Å². The molecule has 3 nitrogen and oxygen atoms in total. The number of aliphatic hydroxyl groups excluding tert-OH is 2. The van der Waals surface area contributed by atoms with Gasteiger partial charge in [-0.2, -0.15) is 0 Å². The average Bonchev–Trinajstić information content (AvgIpc) is 2.33. The van der Waals surface area contributed by atoms with Crippen LogP contribution in [0, 0.1) is 17.0 Å². The van der Waals surface area contributed by atoms with Crippen LogP contribution in [0.25, 0.3) is 0 Å². The molecule has 0 saturated heterocycles. The predicted molar refractivity (Wildman–Crippen MR) is 78.9 cm³/mol. The normalized spacial score (nSPS) is 13.7. The topological polar surface area (TPSA) is 43.7 Å². The Labute approximate surface area is 125 Å². The summed E-state index contributed by atoms with van der Waals surface area (Å²) >= 11 is 0. The van der Waals surface area contributed by atoms with Crippen LogP contribution in [0.4, 0.5) is 8.78 Å². The molecular formula is C16H25F2NO2. The Morgan fingerprint density at radius 3 is 2.24 bits per heavy atom. The largest absolute Gasteiger partial charge is 0.396 e. The van der Waals surface area contributed by atoms with Crippen molar-refractivity contribution in [3.8, 4) is 0 Å². The molecule has 0 aromatic heterocycles. The van der Waals surface area contributed by atoms with Crippen LogP contribution < -0.4 is 0 Å². The molecule has 1 rings (SSSR count). The maximum Gasteiger partial charge on any atom is 0.131 e. The van der Waals surface area contributed by atoms with Crippen molar-refractivity contribution >= 4 is 0 Å². The summed E-state index contributed by atoms with van der Waals surface area (Å²) in [4.78, 5) is 1.92. The second-order valence-corrected chi connectivity index (χ2v) is 6.52. The van der Waals surface area contributed by atoms with Crippen molar-refractivity contribution in [3.63, 3.8) is 0 Å². The van der Waals surface area contributed by atoms with Gasteiger partial charge in [-0.3, -0.25) is 4.90 Å². The van der Waals surface area contributed by atoms with E-state index in [0.717, 1.165) is 12.1 Å². The molecule has 1 aromatic carbocycles. The van der Waals surface area contributed by atoms with Gasteiger partial charge in [-0.25, -0.2) is 8.78 Å². The molecule has 0 aliphatic carbocycles. The Kier molecular flexibility index (Phi) is 6.71. The van der Waals surface area contributed by atoms with Crippen molar-refractivity contribution in [1.29, 1.82) is 0 Å². The first-order chi connectivity index (χ1) is 9.74. The van der Waals surface area contributed by atoms with Gasteiger partial charge in [0, 0.05) is 26.2 Å². The molecule has 0 bridgehead atoms. The minimum Gasteiger partial charge on any atom is -0.396 e. The van der Waals surface area contributed by atoms with Gasteiger partial charge in [0.05, 0.1) is 11.7 Å². The Morgan fingerprint density at radius 2 is 1.76 bits per heavy atom. The number of aliphatic hydroxyl groups is 2. The van der Waals surface area contributed by atoms with Gasteiger partial charge in [0.1, 0.15) is 11.6 Å². The van der Waals surface area contributed by atoms with E-state index in [1.54, 1.807) is 0 Å². The van der Waals surface area contributed by atoms with Gasteiger partial charge >= 0.3 is 0 Å². The quantitative estimate of drug-likeness (QED) is 0.814. The zero-order valence-electron chi connectivity index (χ0n) is 12.9. The van der Waals surface area contributed by atoms with Crippen molar-refractivity contribution in [2.75, 3.05) is 26.2 Å². The van der Waals surface area contributed by atoms with E-state index in [-0.39, 0.29) is 24.1 Å². The highest BCUT2D eigenvalue weighted by atomic mass is 19.1. The Hall–Kier alpha value is -1.04. The summed E-state index contributed by atoms with van der Waals surface area (Å²) in [5.74, 6) is -1.47. The molecule has 0 heterocycles. The third kappa shape index (κ3) is 6.08. The standard InChI is InChI=1S/C16H25F2NO2/c1-16(2,3)11-19(8-5-9-20)10-14(21)15-12(17)6-4-7-13(15)18/h4,6-7,14,20-21H,5,8-11H2,1-3H3. The predicted octanol–water partition coefficient (Wildman–Crippen LogP) is 2.73. The average molecular weight is 301 g/mol. The zero-order valence-corrected chi connectivity index (χ0v) is 12.9. The van der Waals surface area contributed by atoms with Gasteiger partial charge in [-0.15, -0.1) is 0 Å². The second-order valence-electron chi connectivity index (χ2n) is 6.52. The highest BCUT2D eigenvalue weighted by Crippen LogP contribution is 2.23. The fraction of sp³-hybridized carbons (Fsp3) is 0.625. The van der Waals surface area contributed by atoms with E-state index in [4.69, 9.17) is 5.11 Å². The van der Waals surface area contributed by atoms with Gasteiger partial charge in [-0.05, 0) is 24.0 Å². The van der Waals surface area contributed by atoms with Crippen molar-refractivity contribution in [3.05, 3.63) is 35.4 Å². The lowest BCUT2D eigenvalue weighted by atomic mass is 9.95. The van der Waals surface area contributed by atoms with E-state index in [1.807, 2.05) is 4.90 Å². The lowest BCUT2D eigenvalue weighted by Crippen LogP contribution is -2.37. The first-order valence-electron chi connectivity index (χ1n) is 7.20. The Balaban J connectivity index is 2.81. The minimum atomic E-state index is -1.23. The minimum absolute atomic E-state index is 0.0110. The van der Waals surface area contributed by atoms with Crippen LogP contribution in [0.2, 0.25) is 0 Å². The smallest absolute Gasteiger partial charge is 0.131 e. The fourth-order valence-corrected chi connectivity index (χ4v) is 2.36. The number of rotatable bonds is 7. The maximum absolute atomic E-state index is 13.7. The van der Waals surface area contributed by atoms with Crippen LogP contribution in [-0.2, 0) is 0 Å². The first-order valence-corrected chi connectivity index (χ1v) is 7.20. The van der Waals surface area contributed by atoms with Crippen LogP contribution in [0.1, 0.15) is 38.9 Å². The number of benzene rings is 1.